The lowest BCUT2D eigenvalue weighted by atomic mass is 10.1. The maximum Gasteiger partial charge on any atom is 0.191 e. The van der Waals surface area contributed by atoms with Crippen molar-refractivity contribution in [3.8, 4) is 0 Å². The minimum atomic E-state index is 0.431. The fourth-order valence-electron chi connectivity index (χ4n) is 1.88. The average molecular weight is 266 g/mol. The van der Waals surface area contributed by atoms with Gasteiger partial charge in [-0.2, -0.15) is 0 Å². The van der Waals surface area contributed by atoms with Gasteiger partial charge < -0.3 is 15.2 Å². The molecule has 0 saturated heterocycles. The summed E-state index contributed by atoms with van der Waals surface area (Å²) < 4.78 is 4.79. The van der Waals surface area contributed by atoms with Crippen LogP contribution in [0.3, 0.4) is 0 Å². The number of nitrogens with one attached hydrogen (secondary N) is 2. The molecule has 1 rings (SSSR count). The molecule has 0 bridgehead atoms. The van der Waals surface area contributed by atoms with E-state index in [0.29, 0.717) is 12.6 Å². The van der Waals surface area contributed by atoms with Gasteiger partial charge in [0, 0.05) is 19.2 Å². The molecule has 1 unspecified atom stereocenters. The molecule has 19 heavy (non-hydrogen) atoms. The van der Waals surface area contributed by atoms with Crippen molar-refractivity contribution in [2.24, 2.45) is 4.99 Å². The first-order chi connectivity index (χ1) is 9.26. The summed E-state index contributed by atoms with van der Waals surface area (Å²) in [4.78, 5) is 4.21. The highest BCUT2D eigenvalue weighted by atomic mass is 16.5. The SMILES string of the molecule is CCCCCCC(C)NC(=NC)NCc1ccon1. The summed E-state index contributed by atoms with van der Waals surface area (Å²) in [5.74, 6) is 0.811. The third kappa shape index (κ3) is 6.84. The van der Waals surface area contributed by atoms with Gasteiger partial charge in [0.2, 0.25) is 0 Å². The minimum absolute atomic E-state index is 0.431. The Bertz CT molecular complexity index is 348. The van der Waals surface area contributed by atoms with Gasteiger partial charge >= 0.3 is 0 Å². The molecule has 0 radical (unpaired) electrons. The summed E-state index contributed by atoms with van der Waals surface area (Å²) in [6.07, 6.45) is 7.93. The van der Waals surface area contributed by atoms with Crippen molar-refractivity contribution in [1.29, 1.82) is 0 Å². The average Bonchev–Trinajstić information content (AvgIpc) is 2.92. The van der Waals surface area contributed by atoms with E-state index in [2.05, 4.69) is 34.6 Å². The number of aromatic nitrogens is 1. The largest absolute Gasteiger partial charge is 0.364 e. The predicted octanol–water partition coefficient (Wildman–Crippen LogP) is 2.70. The standard InChI is InChI=1S/C14H26N4O/c1-4-5-6-7-8-12(2)17-14(15-3)16-11-13-9-10-19-18-13/h9-10,12H,4-8,11H2,1-3H3,(H2,15,16,17). The van der Waals surface area contributed by atoms with Crippen molar-refractivity contribution in [2.45, 2.75) is 58.5 Å². The number of hydrogen-bond donors (Lipinski definition) is 2. The molecule has 1 aromatic rings. The van der Waals surface area contributed by atoms with Gasteiger partial charge in [-0.1, -0.05) is 37.8 Å². The molecule has 0 amide bonds. The van der Waals surface area contributed by atoms with Gasteiger partial charge in [-0.3, -0.25) is 4.99 Å². The highest BCUT2D eigenvalue weighted by molar-refractivity contribution is 5.79. The highest BCUT2D eigenvalue weighted by Crippen LogP contribution is 2.05. The molecule has 1 atom stereocenters. The number of guanidine groups is 1. The van der Waals surface area contributed by atoms with Crippen molar-refractivity contribution < 1.29 is 4.52 Å². The Morgan fingerprint density at radius 3 is 2.89 bits per heavy atom. The molecule has 0 aromatic carbocycles. The van der Waals surface area contributed by atoms with Crippen molar-refractivity contribution in [3.63, 3.8) is 0 Å². The minimum Gasteiger partial charge on any atom is -0.364 e. The second-order valence-electron chi connectivity index (χ2n) is 4.81. The lowest BCUT2D eigenvalue weighted by molar-refractivity contribution is 0.410. The van der Waals surface area contributed by atoms with Crippen LogP contribution in [0.15, 0.2) is 21.8 Å². The number of nitrogens with zero attached hydrogens (tertiary/aromatic N) is 2. The summed E-state index contributed by atoms with van der Waals surface area (Å²) >= 11 is 0. The molecule has 0 fully saturated rings. The molecule has 2 N–H and O–H groups in total. The third-order valence-corrected chi connectivity index (χ3v) is 3.03. The predicted molar refractivity (Wildman–Crippen MR) is 78.1 cm³/mol. The van der Waals surface area contributed by atoms with Crippen LogP contribution < -0.4 is 10.6 Å². The second kappa shape index (κ2) is 9.42. The molecule has 1 aromatic heterocycles. The molecule has 0 spiro atoms. The quantitative estimate of drug-likeness (QED) is 0.431. The Kier molecular flexibility index (Phi) is 7.70. The smallest absolute Gasteiger partial charge is 0.191 e. The van der Waals surface area contributed by atoms with Crippen molar-refractivity contribution >= 4 is 5.96 Å². The highest BCUT2D eigenvalue weighted by Gasteiger charge is 2.05. The summed E-state index contributed by atoms with van der Waals surface area (Å²) in [6.45, 7) is 5.05. The maximum atomic E-state index is 4.79. The molecule has 5 nitrogen and oxygen atoms in total. The molecule has 0 saturated carbocycles. The third-order valence-electron chi connectivity index (χ3n) is 3.03. The van der Waals surface area contributed by atoms with Crippen molar-refractivity contribution in [2.75, 3.05) is 7.05 Å². The van der Waals surface area contributed by atoms with Crippen LogP contribution in [0.2, 0.25) is 0 Å². The van der Waals surface area contributed by atoms with E-state index in [0.717, 1.165) is 11.7 Å². The maximum absolute atomic E-state index is 4.79. The molecular formula is C14H26N4O. The first kappa shape index (κ1) is 15.5. The van der Waals surface area contributed by atoms with Gasteiger partial charge in [0.1, 0.15) is 12.0 Å². The van der Waals surface area contributed by atoms with Gasteiger partial charge in [0.15, 0.2) is 5.96 Å². The molecule has 0 aliphatic rings. The number of hydrogen-bond acceptors (Lipinski definition) is 3. The Balaban J connectivity index is 2.20. The Hall–Kier alpha value is -1.52. The van der Waals surface area contributed by atoms with E-state index >= 15 is 0 Å². The Labute approximate surface area is 115 Å². The van der Waals surface area contributed by atoms with Gasteiger partial charge in [0.05, 0.1) is 6.54 Å². The Morgan fingerprint density at radius 1 is 1.42 bits per heavy atom. The number of unbranched alkanes of at least 4 members (excludes halogenated alkanes) is 3. The molecule has 0 aliphatic heterocycles. The van der Waals surface area contributed by atoms with Gasteiger partial charge in [0.25, 0.3) is 0 Å². The normalized spacial score (nSPS) is 13.3. The van der Waals surface area contributed by atoms with E-state index in [9.17, 15) is 0 Å². The number of aliphatic imine (C=N–C) groups is 1. The fraction of sp³-hybridized carbons (Fsp3) is 0.714. The van der Waals surface area contributed by atoms with Crippen LogP contribution in [0, 0.1) is 0 Å². The van der Waals surface area contributed by atoms with E-state index in [-0.39, 0.29) is 0 Å². The first-order valence-corrected chi connectivity index (χ1v) is 7.12. The van der Waals surface area contributed by atoms with Crippen LogP contribution in [0.4, 0.5) is 0 Å². The van der Waals surface area contributed by atoms with E-state index < -0.39 is 0 Å². The van der Waals surface area contributed by atoms with Gasteiger partial charge in [-0.25, -0.2) is 0 Å². The van der Waals surface area contributed by atoms with E-state index in [1.54, 1.807) is 13.3 Å². The molecule has 1 heterocycles. The summed E-state index contributed by atoms with van der Waals surface area (Å²) in [7, 11) is 1.78. The topological polar surface area (TPSA) is 62.5 Å². The van der Waals surface area contributed by atoms with Crippen LogP contribution in [-0.4, -0.2) is 24.2 Å². The molecule has 0 aliphatic carbocycles. The summed E-state index contributed by atoms with van der Waals surface area (Å²) in [5.41, 5.74) is 0.874. The monoisotopic (exact) mass is 266 g/mol. The van der Waals surface area contributed by atoms with Crippen LogP contribution in [0.5, 0.6) is 0 Å². The van der Waals surface area contributed by atoms with Crippen LogP contribution in [-0.2, 0) is 6.54 Å². The van der Waals surface area contributed by atoms with Gasteiger partial charge in [-0.05, 0) is 13.3 Å². The number of rotatable bonds is 8. The lowest BCUT2D eigenvalue weighted by Crippen LogP contribution is -2.41. The van der Waals surface area contributed by atoms with E-state index in [1.165, 1.54) is 32.1 Å². The lowest BCUT2D eigenvalue weighted by Gasteiger charge is -2.17. The Morgan fingerprint density at radius 2 is 2.26 bits per heavy atom. The second-order valence-corrected chi connectivity index (χ2v) is 4.81. The zero-order valence-corrected chi connectivity index (χ0v) is 12.3. The van der Waals surface area contributed by atoms with Crippen LogP contribution >= 0.6 is 0 Å². The zero-order chi connectivity index (χ0) is 13.9. The first-order valence-electron chi connectivity index (χ1n) is 7.12. The van der Waals surface area contributed by atoms with Crippen LogP contribution in [0.1, 0.15) is 51.6 Å². The molecule has 108 valence electrons. The zero-order valence-electron chi connectivity index (χ0n) is 12.3. The molecular weight excluding hydrogens is 240 g/mol. The van der Waals surface area contributed by atoms with Crippen molar-refractivity contribution in [3.05, 3.63) is 18.0 Å². The fourth-order valence-corrected chi connectivity index (χ4v) is 1.88. The van der Waals surface area contributed by atoms with E-state index in [1.807, 2.05) is 6.07 Å². The summed E-state index contributed by atoms with van der Waals surface area (Å²) in [5, 5.41) is 10.5. The van der Waals surface area contributed by atoms with E-state index in [4.69, 9.17) is 4.52 Å². The van der Waals surface area contributed by atoms with Gasteiger partial charge in [-0.15, -0.1) is 0 Å². The summed E-state index contributed by atoms with van der Waals surface area (Å²) in [6, 6.07) is 2.27. The van der Waals surface area contributed by atoms with Crippen molar-refractivity contribution in [1.82, 2.24) is 15.8 Å². The molecule has 5 heteroatoms. The van der Waals surface area contributed by atoms with Crippen LogP contribution in [0.25, 0.3) is 0 Å².